The summed E-state index contributed by atoms with van der Waals surface area (Å²) in [6, 6.07) is 9.58. The molecule has 3 nitrogen and oxygen atoms in total. The number of ether oxygens (including phenoxy) is 1. The number of rotatable bonds is 3. The maximum absolute atomic E-state index is 11.0. The first-order chi connectivity index (χ1) is 6.83. The molecule has 0 fully saturated rings. The quantitative estimate of drug-likeness (QED) is 0.569. The second-order valence-corrected chi connectivity index (χ2v) is 2.47. The third kappa shape index (κ3) is 5.44. The first-order valence-corrected chi connectivity index (χ1v) is 4.73. The molecule has 0 spiro atoms. The summed E-state index contributed by atoms with van der Waals surface area (Å²) in [4.78, 5) is 11.0. The Morgan fingerprint density at radius 1 is 1.29 bits per heavy atom. The van der Waals surface area contributed by atoms with Crippen molar-refractivity contribution >= 4 is 15.1 Å². The van der Waals surface area contributed by atoms with Gasteiger partial charge < -0.3 is 4.74 Å². The minimum absolute atomic E-state index is 0.163. The third-order valence-corrected chi connectivity index (χ3v) is 1.50. The molecule has 0 aliphatic carbocycles. The van der Waals surface area contributed by atoms with E-state index in [0.29, 0.717) is 13.0 Å². The Hall–Kier alpha value is -1.21. The number of carbonyl (C=O) groups is 1. The molecule has 0 aliphatic heterocycles. The van der Waals surface area contributed by atoms with Gasteiger partial charge in [-0.15, -0.1) is 0 Å². The van der Waals surface area contributed by atoms with Crippen molar-refractivity contribution in [3.05, 3.63) is 35.9 Å². The number of esters is 1. The minimum atomic E-state index is -0.163. The molecule has 1 unspecified atom stereocenters. The summed E-state index contributed by atoms with van der Waals surface area (Å²) in [5.74, 6) is -0.163. The van der Waals surface area contributed by atoms with E-state index in [0.717, 1.165) is 5.56 Å². The fraction of sp³-hybridized carbons (Fsp3) is 0.300. The van der Waals surface area contributed by atoms with E-state index >= 15 is 0 Å². The third-order valence-electron chi connectivity index (χ3n) is 1.50. The highest BCUT2D eigenvalue weighted by Gasteiger charge is 2.01. The largest absolute Gasteiger partial charge is 0.466 e. The summed E-state index contributed by atoms with van der Waals surface area (Å²) in [6.45, 7) is 2.26. The fourth-order valence-electron chi connectivity index (χ4n) is 0.975. The van der Waals surface area contributed by atoms with Crippen LogP contribution < -0.4 is 0 Å². The van der Waals surface area contributed by atoms with Crippen molar-refractivity contribution in [2.45, 2.75) is 13.3 Å². The Labute approximate surface area is 85.7 Å². The highest BCUT2D eigenvalue weighted by molar-refractivity contribution is 7.00. The van der Waals surface area contributed by atoms with Crippen LogP contribution in [0.25, 0.3) is 0 Å². The van der Waals surface area contributed by atoms with Gasteiger partial charge in [0.15, 0.2) is 0 Å². The monoisotopic (exact) mass is 213 g/mol. The van der Waals surface area contributed by atoms with Gasteiger partial charge in [0.05, 0.1) is 13.0 Å². The maximum Gasteiger partial charge on any atom is 0.310 e. The molecule has 0 bridgehead atoms. The zero-order valence-electron chi connectivity index (χ0n) is 8.10. The Balaban J connectivity index is 0.000000791. The van der Waals surface area contributed by atoms with Crippen LogP contribution in [-0.2, 0) is 20.5 Å². The number of hydrogen-bond donors (Lipinski definition) is 0. The summed E-state index contributed by atoms with van der Waals surface area (Å²) in [5.41, 5.74) is 0.996. The average molecular weight is 213 g/mol. The molecule has 0 saturated heterocycles. The van der Waals surface area contributed by atoms with Gasteiger partial charge in [-0.2, -0.15) is 0 Å². The molecule has 1 atom stereocenters. The van der Waals surface area contributed by atoms with Crippen molar-refractivity contribution in [1.82, 2.24) is 0 Å². The molecule has 76 valence electrons. The van der Waals surface area contributed by atoms with Gasteiger partial charge in [-0.1, -0.05) is 34.9 Å². The average Bonchev–Trinajstić information content (AvgIpc) is 2.22. The van der Waals surface area contributed by atoms with E-state index in [4.69, 9.17) is 9.30 Å². The van der Waals surface area contributed by atoms with Crippen molar-refractivity contribution in [2.24, 2.45) is 0 Å². The van der Waals surface area contributed by atoms with Crippen LogP contribution in [0.1, 0.15) is 12.5 Å². The predicted octanol–water partition coefficient (Wildman–Crippen LogP) is 2.00. The zero-order valence-corrected chi connectivity index (χ0v) is 9.26. The van der Waals surface area contributed by atoms with E-state index in [1.807, 2.05) is 37.3 Å². The van der Waals surface area contributed by atoms with Crippen molar-refractivity contribution in [1.29, 1.82) is 0 Å². The van der Waals surface area contributed by atoms with E-state index < -0.39 is 0 Å². The molecular weight excluding hydrogens is 199 g/mol. The first-order valence-electron chi connectivity index (χ1n) is 4.26. The molecule has 0 aromatic heterocycles. The van der Waals surface area contributed by atoms with Gasteiger partial charge in [0.2, 0.25) is 0 Å². The zero-order chi connectivity index (χ0) is 10.8. The lowest BCUT2D eigenvalue weighted by molar-refractivity contribution is -0.142. The highest BCUT2D eigenvalue weighted by atomic mass is 31.0. The molecular formula is C10H14O3P+. The van der Waals surface area contributed by atoms with Crippen LogP contribution in [0.3, 0.4) is 0 Å². The standard InChI is InChI=1S/C10H12O2.H2OP/c1-2-12-10(11)8-9-6-4-3-5-7-9;1-2/h3-7H,2,8H2,1H3;2H2/q;+1. The van der Waals surface area contributed by atoms with Crippen molar-refractivity contribution in [2.75, 3.05) is 6.61 Å². The van der Waals surface area contributed by atoms with Gasteiger partial charge in [0, 0.05) is 0 Å². The molecule has 0 amide bonds. The Bertz CT molecular complexity index is 261. The molecule has 0 saturated carbocycles. The molecule has 0 N–H and O–H groups in total. The van der Waals surface area contributed by atoms with E-state index in [-0.39, 0.29) is 5.97 Å². The summed E-state index contributed by atoms with van der Waals surface area (Å²) < 4.78 is 13.0. The SMILES string of the molecule is CCOC(=O)Cc1ccccc1.O=[PH2+]. The summed E-state index contributed by atoms with van der Waals surface area (Å²) in [7, 11) is 1.17. The molecule has 1 aromatic carbocycles. The second-order valence-electron chi connectivity index (χ2n) is 2.47. The van der Waals surface area contributed by atoms with Crippen LogP contribution in [0, 0.1) is 0 Å². The van der Waals surface area contributed by atoms with Crippen LogP contribution >= 0.6 is 9.12 Å². The van der Waals surface area contributed by atoms with E-state index in [1.165, 1.54) is 9.12 Å². The number of hydrogen-bond acceptors (Lipinski definition) is 3. The molecule has 0 heterocycles. The van der Waals surface area contributed by atoms with Gasteiger partial charge in [0.1, 0.15) is 0 Å². The van der Waals surface area contributed by atoms with E-state index in [9.17, 15) is 4.79 Å². The molecule has 0 radical (unpaired) electrons. The lowest BCUT2D eigenvalue weighted by atomic mass is 10.2. The van der Waals surface area contributed by atoms with E-state index in [1.54, 1.807) is 0 Å². The number of benzene rings is 1. The van der Waals surface area contributed by atoms with Gasteiger partial charge >= 0.3 is 15.1 Å². The van der Waals surface area contributed by atoms with Crippen molar-refractivity contribution < 1.29 is 14.1 Å². The van der Waals surface area contributed by atoms with Gasteiger partial charge in [-0.25, -0.2) is 0 Å². The summed E-state index contributed by atoms with van der Waals surface area (Å²) in [6.07, 6.45) is 0.370. The Morgan fingerprint density at radius 2 is 1.86 bits per heavy atom. The molecule has 4 heteroatoms. The molecule has 1 aromatic rings. The van der Waals surface area contributed by atoms with Crippen LogP contribution in [0.4, 0.5) is 0 Å². The topological polar surface area (TPSA) is 43.4 Å². The smallest absolute Gasteiger partial charge is 0.310 e. The van der Waals surface area contributed by atoms with Crippen LogP contribution in [-0.4, -0.2) is 12.6 Å². The van der Waals surface area contributed by atoms with Crippen molar-refractivity contribution in [3.8, 4) is 0 Å². The van der Waals surface area contributed by atoms with Crippen LogP contribution in [0.15, 0.2) is 30.3 Å². The fourth-order valence-corrected chi connectivity index (χ4v) is 0.975. The normalized spacial score (nSPS) is 8.36. The first kappa shape index (κ1) is 12.8. The molecule has 0 aliphatic rings. The predicted molar refractivity (Wildman–Crippen MR) is 57.2 cm³/mol. The van der Waals surface area contributed by atoms with Crippen molar-refractivity contribution in [3.63, 3.8) is 0 Å². The van der Waals surface area contributed by atoms with E-state index in [2.05, 4.69) is 0 Å². The lowest BCUT2D eigenvalue weighted by Gasteiger charge is -2.00. The number of carbonyl (C=O) groups excluding carboxylic acids is 1. The van der Waals surface area contributed by atoms with Crippen LogP contribution in [0.5, 0.6) is 0 Å². The van der Waals surface area contributed by atoms with Gasteiger partial charge in [-0.05, 0) is 12.5 Å². The highest BCUT2D eigenvalue weighted by Crippen LogP contribution is 2.00. The van der Waals surface area contributed by atoms with Crippen LogP contribution in [0.2, 0.25) is 0 Å². The summed E-state index contributed by atoms with van der Waals surface area (Å²) in [5, 5.41) is 0. The lowest BCUT2D eigenvalue weighted by Crippen LogP contribution is -2.06. The second kappa shape index (κ2) is 8.39. The minimum Gasteiger partial charge on any atom is -0.466 e. The summed E-state index contributed by atoms with van der Waals surface area (Å²) >= 11 is 0. The Kier molecular flexibility index (Phi) is 7.67. The van der Waals surface area contributed by atoms with Gasteiger partial charge in [0.25, 0.3) is 0 Å². The molecule has 14 heavy (non-hydrogen) atoms. The maximum atomic E-state index is 11.0. The van der Waals surface area contributed by atoms with Gasteiger partial charge in [-0.3, -0.25) is 4.79 Å². The molecule has 1 rings (SSSR count). The Morgan fingerprint density at radius 3 is 2.36 bits per heavy atom.